The van der Waals surface area contributed by atoms with E-state index in [1.54, 1.807) is 0 Å². The Labute approximate surface area is 168 Å². The monoisotopic (exact) mass is 382 g/mol. The Morgan fingerprint density at radius 2 is 0.963 bits per heavy atom. The van der Waals surface area contributed by atoms with Gasteiger partial charge in [0.1, 0.15) is 0 Å². The Morgan fingerprint density at radius 1 is 0.630 bits per heavy atom. The molecule has 27 heavy (non-hydrogen) atoms. The molecule has 0 aromatic carbocycles. The molecule has 0 aliphatic heterocycles. The number of rotatable bonds is 12. The van der Waals surface area contributed by atoms with Crippen LogP contribution < -0.4 is 10.6 Å². The summed E-state index contributed by atoms with van der Waals surface area (Å²) in [4.78, 5) is 14.2. The highest BCUT2D eigenvalue weighted by Crippen LogP contribution is 2.00. The van der Waals surface area contributed by atoms with Gasteiger partial charge in [0.05, 0.1) is 0 Å². The summed E-state index contributed by atoms with van der Waals surface area (Å²) in [5.41, 5.74) is 0. The summed E-state index contributed by atoms with van der Waals surface area (Å²) >= 11 is 0. The van der Waals surface area contributed by atoms with Gasteiger partial charge in [-0.15, -0.1) is 0 Å². The minimum Gasteiger partial charge on any atom is -0.354 e. The number of nitrogens with one attached hydrogen (secondary N) is 2. The van der Waals surface area contributed by atoms with Crippen molar-refractivity contribution in [1.82, 2.24) is 20.4 Å². The van der Waals surface area contributed by atoms with Gasteiger partial charge in [-0.25, -0.2) is 0 Å². The summed E-state index contributed by atoms with van der Waals surface area (Å²) in [5.74, 6) is 2.08. The number of unbranched alkanes of at least 4 members (excludes halogenated alkanes) is 2. The van der Waals surface area contributed by atoms with Crippen molar-refractivity contribution in [2.45, 2.75) is 86.7 Å². The Hall–Kier alpha value is -1.46. The van der Waals surface area contributed by atoms with Crippen molar-refractivity contribution in [2.24, 2.45) is 9.98 Å². The maximum atomic E-state index is 4.81. The van der Waals surface area contributed by atoms with Crippen LogP contribution in [0.25, 0.3) is 0 Å². The molecular formula is C21H46N6. The first-order chi connectivity index (χ1) is 12.9. The van der Waals surface area contributed by atoms with Gasteiger partial charge in [-0.1, -0.05) is 0 Å². The first kappa shape index (κ1) is 25.5. The lowest BCUT2D eigenvalue weighted by Gasteiger charge is -2.25. The zero-order valence-corrected chi connectivity index (χ0v) is 19.3. The van der Waals surface area contributed by atoms with Crippen LogP contribution in [0.15, 0.2) is 9.98 Å². The van der Waals surface area contributed by atoms with E-state index in [1.807, 2.05) is 0 Å². The fourth-order valence-electron chi connectivity index (χ4n) is 2.81. The van der Waals surface area contributed by atoms with Crippen molar-refractivity contribution in [3.63, 3.8) is 0 Å². The smallest absolute Gasteiger partial charge is 0.194 e. The molecule has 0 unspecified atom stereocenters. The second kappa shape index (κ2) is 15.6. The van der Waals surface area contributed by atoms with Crippen molar-refractivity contribution in [3.05, 3.63) is 0 Å². The summed E-state index contributed by atoms with van der Waals surface area (Å²) in [7, 11) is 0. The molecule has 0 rings (SSSR count). The number of aliphatic imine (C=N–C) groups is 2. The number of hydrogen-bond acceptors (Lipinski definition) is 2. The molecule has 0 amide bonds. The van der Waals surface area contributed by atoms with Gasteiger partial charge in [-0.3, -0.25) is 9.98 Å². The van der Waals surface area contributed by atoms with Crippen LogP contribution in [-0.2, 0) is 0 Å². The van der Waals surface area contributed by atoms with E-state index in [0.717, 1.165) is 70.5 Å². The largest absolute Gasteiger partial charge is 0.354 e. The van der Waals surface area contributed by atoms with E-state index in [-0.39, 0.29) is 0 Å². The van der Waals surface area contributed by atoms with Crippen molar-refractivity contribution >= 4 is 11.9 Å². The Balaban J connectivity index is 4.44. The van der Waals surface area contributed by atoms with Crippen LogP contribution in [0.2, 0.25) is 0 Å². The molecule has 0 aliphatic rings. The van der Waals surface area contributed by atoms with Crippen molar-refractivity contribution in [1.29, 1.82) is 0 Å². The summed E-state index contributed by atoms with van der Waals surface area (Å²) in [6.45, 7) is 23.1. The van der Waals surface area contributed by atoms with Crippen LogP contribution >= 0.6 is 0 Å². The lowest BCUT2D eigenvalue weighted by molar-refractivity contribution is 0.435. The molecule has 2 N–H and O–H groups in total. The van der Waals surface area contributed by atoms with Crippen LogP contribution in [-0.4, -0.2) is 73.1 Å². The normalized spacial score (nSPS) is 12.7. The molecule has 0 spiro atoms. The fourth-order valence-corrected chi connectivity index (χ4v) is 2.81. The van der Waals surface area contributed by atoms with E-state index in [4.69, 9.17) is 9.98 Å². The first-order valence-corrected chi connectivity index (χ1v) is 11.0. The number of nitrogens with zero attached hydrogens (tertiary/aromatic N) is 4. The number of hydrogen-bond donors (Lipinski definition) is 2. The Kier molecular flexibility index (Phi) is 14.7. The number of guanidine groups is 2. The zero-order valence-electron chi connectivity index (χ0n) is 19.3. The Morgan fingerprint density at radius 3 is 1.22 bits per heavy atom. The van der Waals surface area contributed by atoms with Gasteiger partial charge < -0.3 is 20.4 Å². The molecular weight excluding hydrogens is 336 g/mol. The van der Waals surface area contributed by atoms with E-state index in [1.165, 1.54) is 0 Å². The van der Waals surface area contributed by atoms with Gasteiger partial charge in [0.2, 0.25) is 0 Å². The molecule has 0 bridgehead atoms. The van der Waals surface area contributed by atoms with Crippen molar-refractivity contribution in [2.75, 3.05) is 39.3 Å². The van der Waals surface area contributed by atoms with Gasteiger partial charge in [0.15, 0.2) is 11.9 Å². The van der Waals surface area contributed by atoms with Crippen LogP contribution in [0.1, 0.15) is 74.7 Å². The average molecular weight is 383 g/mol. The molecule has 0 heterocycles. The zero-order chi connectivity index (χ0) is 20.7. The predicted molar refractivity (Wildman–Crippen MR) is 121 cm³/mol. The van der Waals surface area contributed by atoms with E-state index in [9.17, 15) is 0 Å². The van der Waals surface area contributed by atoms with Gasteiger partial charge in [-0.05, 0) is 74.7 Å². The summed E-state index contributed by atoms with van der Waals surface area (Å²) in [6.07, 6.45) is 3.38. The minimum absolute atomic E-state index is 0.408. The quantitative estimate of drug-likeness (QED) is 0.308. The third-order valence-corrected chi connectivity index (χ3v) is 4.30. The van der Waals surface area contributed by atoms with Crippen LogP contribution in [0.4, 0.5) is 0 Å². The Bertz CT molecular complexity index is 371. The fraction of sp³-hybridized carbons (Fsp3) is 0.905. The molecule has 0 saturated carbocycles. The molecule has 0 aliphatic carbocycles. The highest BCUT2D eigenvalue weighted by Gasteiger charge is 2.09. The molecule has 0 fully saturated rings. The highest BCUT2D eigenvalue weighted by molar-refractivity contribution is 5.80. The molecule has 0 saturated heterocycles. The molecule has 6 nitrogen and oxygen atoms in total. The standard InChI is InChI=1S/C21H46N6/c1-9-26(10-2)20(24-18(5)6)22-16-14-13-15-17-23-21(25-19(7)8)27(11-3)12-4/h18-19H,9-17H2,1-8H3,(H,22,24)(H,23,25). The summed E-state index contributed by atoms with van der Waals surface area (Å²) in [5, 5.41) is 6.97. The SMILES string of the molecule is CCN(CC)C(=NCCCCCN=C(NC(C)C)N(CC)CC)NC(C)C. The van der Waals surface area contributed by atoms with Crippen molar-refractivity contribution in [3.8, 4) is 0 Å². The third kappa shape index (κ3) is 11.8. The van der Waals surface area contributed by atoms with Gasteiger partial charge in [0.25, 0.3) is 0 Å². The van der Waals surface area contributed by atoms with Crippen molar-refractivity contribution < 1.29 is 0 Å². The van der Waals surface area contributed by atoms with Crippen LogP contribution in [0, 0.1) is 0 Å². The topological polar surface area (TPSA) is 55.3 Å². The molecule has 0 atom stereocenters. The maximum Gasteiger partial charge on any atom is 0.194 e. The lowest BCUT2D eigenvalue weighted by atomic mass is 10.2. The lowest BCUT2D eigenvalue weighted by Crippen LogP contribution is -2.44. The summed E-state index contributed by atoms with van der Waals surface area (Å²) < 4.78 is 0. The van der Waals surface area contributed by atoms with E-state index < -0.39 is 0 Å². The summed E-state index contributed by atoms with van der Waals surface area (Å²) in [6, 6.07) is 0.816. The second-order valence-electron chi connectivity index (χ2n) is 7.41. The van der Waals surface area contributed by atoms with Crippen LogP contribution in [0.5, 0.6) is 0 Å². The molecule has 6 heteroatoms. The van der Waals surface area contributed by atoms with E-state index >= 15 is 0 Å². The van der Waals surface area contributed by atoms with E-state index in [0.29, 0.717) is 12.1 Å². The van der Waals surface area contributed by atoms with Gasteiger partial charge >= 0.3 is 0 Å². The second-order valence-corrected chi connectivity index (χ2v) is 7.41. The third-order valence-electron chi connectivity index (χ3n) is 4.30. The molecule has 0 aromatic heterocycles. The first-order valence-electron chi connectivity index (χ1n) is 11.0. The molecule has 160 valence electrons. The average Bonchev–Trinajstić information content (AvgIpc) is 2.61. The minimum atomic E-state index is 0.408. The molecule has 0 aromatic rings. The predicted octanol–water partition coefficient (Wildman–Crippen LogP) is 3.55. The van der Waals surface area contributed by atoms with Gasteiger partial charge in [-0.2, -0.15) is 0 Å². The molecule has 0 radical (unpaired) electrons. The van der Waals surface area contributed by atoms with Gasteiger partial charge in [0, 0.05) is 51.4 Å². The van der Waals surface area contributed by atoms with Crippen LogP contribution in [0.3, 0.4) is 0 Å². The highest BCUT2D eigenvalue weighted by atomic mass is 15.3. The van der Waals surface area contributed by atoms with E-state index in [2.05, 4.69) is 75.8 Å². The maximum absolute atomic E-state index is 4.81.